The number of carboxylic acids is 1. The van der Waals surface area contributed by atoms with Crippen LogP contribution in [0.1, 0.15) is 23.4 Å². The van der Waals surface area contributed by atoms with Gasteiger partial charge in [-0.15, -0.1) is 0 Å². The van der Waals surface area contributed by atoms with Gasteiger partial charge in [-0.05, 0) is 50.1 Å². The Morgan fingerprint density at radius 2 is 1.84 bits per heavy atom. The van der Waals surface area contributed by atoms with Crippen molar-refractivity contribution in [1.82, 2.24) is 4.57 Å². The van der Waals surface area contributed by atoms with E-state index in [0.717, 1.165) is 22.6 Å². The number of hydrogen-bond donors (Lipinski definition) is 1. The maximum absolute atomic E-state index is 10.6. The van der Waals surface area contributed by atoms with Crippen LogP contribution in [-0.4, -0.2) is 15.6 Å². The van der Waals surface area contributed by atoms with Crippen molar-refractivity contribution in [1.29, 1.82) is 0 Å². The highest BCUT2D eigenvalue weighted by atomic mass is 35.5. The molecule has 0 aliphatic heterocycles. The smallest absolute Gasteiger partial charge is 0.303 e. The second kappa shape index (κ2) is 5.49. The lowest BCUT2D eigenvalue weighted by molar-refractivity contribution is -0.136. The molecule has 1 aromatic heterocycles. The average molecular weight is 278 g/mol. The summed E-state index contributed by atoms with van der Waals surface area (Å²) in [6, 6.07) is 9.74. The number of aromatic nitrogens is 1. The van der Waals surface area contributed by atoms with E-state index in [1.807, 2.05) is 44.2 Å². The van der Waals surface area contributed by atoms with Gasteiger partial charge in [-0.25, -0.2) is 0 Å². The number of hydrogen-bond acceptors (Lipinski definition) is 1. The molecule has 0 aliphatic rings. The van der Waals surface area contributed by atoms with Crippen molar-refractivity contribution in [2.75, 3.05) is 0 Å². The van der Waals surface area contributed by atoms with Crippen LogP contribution < -0.4 is 0 Å². The van der Waals surface area contributed by atoms with Gasteiger partial charge in [0.25, 0.3) is 0 Å². The lowest BCUT2D eigenvalue weighted by Crippen LogP contribution is -2.02. The highest BCUT2D eigenvalue weighted by Crippen LogP contribution is 2.26. The first-order valence-corrected chi connectivity index (χ1v) is 6.52. The van der Waals surface area contributed by atoms with Gasteiger partial charge in [0.1, 0.15) is 0 Å². The number of rotatable bonds is 4. The van der Waals surface area contributed by atoms with Crippen molar-refractivity contribution < 1.29 is 9.90 Å². The third kappa shape index (κ3) is 2.99. The van der Waals surface area contributed by atoms with Crippen molar-refractivity contribution in [3.05, 3.63) is 52.3 Å². The summed E-state index contributed by atoms with van der Waals surface area (Å²) < 4.78 is 2.08. The Kier molecular flexibility index (Phi) is 3.96. The van der Waals surface area contributed by atoms with Gasteiger partial charge in [0.2, 0.25) is 0 Å². The summed E-state index contributed by atoms with van der Waals surface area (Å²) in [6.45, 7) is 4.04. The molecule has 2 aromatic rings. The molecule has 0 radical (unpaired) electrons. The van der Waals surface area contributed by atoms with Crippen molar-refractivity contribution in [2.45, 2.75) is 26.7 Å². The number of halogens is 1. The maximum atomic E-state index is 10.6. The normalized spacial score (nSPS) is 10.7. The molecule has 0 fully saturated rings. The van der Waals surface area contributed by atoms with Crippen molar-refractivity contribution >= 4 is 17.6 Å². The number of carboxylic acid groups (broad SMARTS) is 1. The summed E-state index contributed by atoms with van der Waals surface area (Å²) in [5, 5.41) is 9.41. The Hall–Kier alpha value is -1.74. The molecule has 1 aromatic carbocycles. The molecule has 0 spiro atoms. The second-order valence-electron chi connectivity index (χ2n) is 4.63. The topological polar surface area (TPSA) is 42.2 Å². The third-order valence-electron chi connectivity index (χ3n) is 3.15. The summed E-state index contributed by atoms with van der Waals surface area (Å²) in [4.78, 5) is 10.6. The minimum Gasteiger partial charge on any atom is -0.481 e. The van der Waals surface area contributed by atoms with Crippen LogP contribution in [0.2, 0.25) is 5.02 Å². The Morgan fingerprint density at radius 1 is 1.21 bits per heavy atom. The molecule has 100 valence electrons. The molecule has 4 heteroatoms. The molecule has 0 saturated heterocycles. The molecule has 19 heavy (non-hydrogen) atoms. The number of benzene rings is 1. The van der Waals surface area contributed by atoms with Gasteiger partial charge < -0.3 is 9.67 Å². The molecule has 0 unspecified atom stereocenters. The predicted octanol–water partition coefficient (Wildman–Crippen LogP) is 3.76. The molecule has 0 atom stereocenters. The van der Waals surface area contributed by atoms with Crippen LogP contribution in [0.3, 0.4) is 0 Å². The highest BCUT2D eigenvalue weighted by molar-refractivity contribution is 6.32. The Morgan fingerprint density at radius 3 is 2.42 bits per heavy atom. The van der Waals surface area contributed by atoms with Gasteiger partial charge in [-0.1, -0.05) is 17.7 Å². The molecule has 0 amide bonds. The van der Waals surface area contributed by atoms with Crippen LogP contribution >= 0.6 is 11.6 Å². The Labute approximate surface area is 117 Å². The Balaban J connectivity index is 2.40. The fourth-order valence-corrected chi connectivity index (χ4v) is 2.39. The fraction of sp³-hybridized carbons (Fsp3) is 0.267. The van der Waals surface area contributed by atoms with Crippen LogP contribution in [0.5, 0.6) is 0 Å². The van der Waals surface area contributed by atoms with E-state index in [1.54, 1.807) is 0 Å². The van der Waals surface area contributed by atoms with Gasteiger partial charge in [0.15, 0.2) is 0 Å². The van der Waals surface area contributed by atoms with Crippen LogP contribution in [0.15, 0.2) is 30.3 Å². The van der Waals surface area contributed by atoms with Crippen molar-refractivity contribution in [2.24, 2.45) is 0 Å². The van der Waals surface area contributed by atoms with Crippen LogP contribution in [-0.2, 0) is 11.2 Å². The van der Waals surface area contributed by atoms with Crippen LogP contribution in [0.4, 0.5) is 0 Å². The summed E-state index contributed by atoms with van der Waals surface area (Å²) >= 11 is 6.26. The van der Waals surface area contributed by atoms with E-state index in [2.05, 4.69) is 4.57 Å². The zero-order valence-electron chi connectivity index (χ0n) is 11.0. The van der Waals surface area contributed by atoms with E-state index >= 15 is 0 Å². The number of aliphatic carboxylic acids is 1. The van der Waals surface area contributed by atoms with Gasteiger partial charge in [-0.3, -0.25) is 4.79 Å². The van der Waals surface area contributed by atoms with Crippen molar-refractivity contribution in [3.8, 4) is 5.69 Å². The lowest BCUT2D eigenvalue weighted by atomic mass is 10.1. The predicted molar refractivity (Wildman–Crippen MR) is 76.2 cm³/mol. The summed E-state index contributed by atoms with van der Waals surface area (Å²) in [7, 11) is 0. The van der Waals surface area contributed by atoms with Crippen LogP contribution in [0, 0.1) is 13.8 Å². The second-order valence-corrected chi connectivity index (χ2v) is 5.04. The van der Waals surface area contributed by atoms with E-state index in [1.165, 1.54) is 0 Å². The van der Waals surface area contributed by atoms with E-state index in [4.69, 9.17) is 16.7 Å². The average Bonchev–Trinajstić information content (AvgIpc) is 2.68. The minimum absolute atomic E-state index is 0.130. The largest absolute Gasteiger partial charge is 0.481 e. The molecular weight excluding hydrogens is 262 g/mol. The van der Waals surface area contributed by atoms with E-state index < -0.39 is 5.97 Å². The highest BCUT2D eigenvalue weighted by Gasteiger charge is 2.09. The maximum Gasteiger partial charge on any atom is 0.303 e. The molecule has 0 bridgehead atoms. The van der Waals surface area contributed by atoms with E-state index in [9.17, 15) is 4.79 Å². The molecule has 2 rings (SSSR count). The van der Waals surface area contributed by atoms with Gasteiger partial charge in [0.05, 0.1) is 10.7 Å². The van der Waals surface area contributed by atoms with E-state index in [-0.39, 0.29) is 6.42 Å². The molecular formula is C15H16ClNO2. The molecule has 1 heterocycles. The molecule has 1 N–H and O–H groups in total. The molecule has 0 aliphatic carbocycles. The number of carbonyl (C=O) groups is 1. The first kappa shape index (κ1) is 13.7. The number of nitrogens with zero attached hydrogens (tertiary/aromatic N) is 1. The zero-order valence-corrected chi connectivity index (χ0v) is 11.7. The molecule has 3 nitrogen and oxygen atoms in total. The monoisotopic (exact) mass is 277 g/mol. The van der Waals surface area contributed by atoms with Crippen molar-refractivity contribution in [3.63, 3.8) is 0 Å². The van der Waals surface area contributed by atoms with E-state index in [0.29, 0.717) is 11.4 Å². The first-order valence-electron chi connectivity index (χ1n) is 6.14. The summed E-state index contributed by atoms with van der Waals surface area (Å²) in [5.41, 5.74) is 4.10. The van der Waals surface area contributed by atoms with Gasteiger partial charge in [0, 0.05) is 17.8 Å². The van der Waals surface area contributed by atoms with Gasteiger partial charge in [-0.2, -0.15) is 0 Å². The van der Waals surface area contributed by atoms with Gasteiger partial charge >= 0.3 is 5.97 Å². The summed E-state index contributed by atoms with van der Waals surface area (Å²) in [5.74, 6) is -0.787. The quantitative estimate of drug-likeness (QED) is 0.924. The SMILES string of the molecule is Cc1ccc(C)n1-c1cc(CCC(=O)O)ccc1Cl. The fourth-order valence-electron chi connectivity index (χ4n) is 2.18. The zero-order chi connectivity index (χ0) is 14.0. The standard InChI is InChI=1S/C15H16ClNO2/c1-10-3-4-11(2)17(10)14-9-12(5-7-13(14)16)6-8-15(18)19/h3-5,7,9H,6,8H2,1-2H3,(H,18,19). The summed E-state index contributed by atoms with van der Waals surface area (Å²) in [6.07, 6.45) is 0.642. The third-order valence-corrected chi connectivity index (χ3v) is 3.47. The lowest BCUT2D eigenvalue weighted by Gasteiger charge is -2.13. The first-order chi connectivity index (χ1) is 8.99. The Bertz CT molecular complexity index is 597. The number of aryl methyl sites for hydroxylation is 3. The minimum atomic E-state index is -0.787. The van der Waals surface area contributed by atoms with Crippen LogP contribution in [0.25, 0.3) is 5.69 Å². The molecule has 0 saturated carbocycles.